The van der Waals surface area contributed by atoms with Crippen LogP contribution in [0, 0.1) is 11.3 Å². The molecule has 1 aromatic heterocycles. The first kappa shape index (κ1) is 19.5. The maximum atomic E-state index is 12.5. The quantitative estimate of drug-likeness (QED) is 0.878. The molecule has 1 saturated heterocycles. The molecule has 1 N–H and O–H groups in total. The summed E-state index contributed by atoms with van der Waals surface area (Å²) in [5, 5.41) is 11.8. The van der Waals surface area contributed by atoms with Gasteiger partial charge in [-0.15, -0.1) is 0 Å². The minimum absolute atomic E-state index is 0.156. The molecule has 0 aliphatic carbocycles. The van der Waals surface area contributed by atoms with Crippen molar-refractivity contribution >= 4 is 17.8 Å². The lowest BCUT2D eigenvalue weighted by molar-refractivity contribution is -0.133. The molecule has 8 nitrogen and oxygen atoms in total. The zero-order valence-corrected chi connectivity index (χ0v) is 15.7. The second kappa shape index (κ2) is 8.04. The van der Waals surface area contributed by atoms with Crippen LogP contribution in [0.15, 0.2) is 18.3 Å². The molecule has 2 rings (SSSR count). The smallest absolute Gasteiger partial charge is 0.408 e. The van der Waals surface area contributed by atoms with E-state index < -0.39 is 17.7 Å². The summed E-state index contributed by atoms with van der Waals surface area (Å²) in [6, 6.07) is 4.93. The average molecular weight is 359 g/mol. The largest absolute Gasteiger partial charge is 0.444 e. The summed E-state index contributed by atoms with van der Waals surface area (Å²) in [5.41, 5.74) is -0.0909. The molecule has 0 unspecified atom stereocenters. The van der Waals surface area contributed by atoms with E-state index in [1.165, 1.54) is 0 Å². The summed E-state index contributed by atoms with van der Waals surface area (Å²) in [4.78, 5) is 32.3. The van der Waals surface area contributed by atoms with Gasteiger partial charge in [-0.05, 0) is 39.8 Å². The highest BCUT2D eigenvalue weighted by Gasteiger charge is 2.28. The molecule has 8 heteroatoms. The number of alkyl carbamates (subject to hydrolysis) is 1. The summed E-state index contributed by atoms with van der Waals surface area (Å²) >= 11 is 0. The zero-order valence-electron chi connectivity index (χ0n) is 15.7. The van der Waals surface area contributed by atoms with E-state index in [0.717, 1.165) is 0 Å². The molecule has 1 aliphatic rings. The molecule has 1 aliphatic heterocycles. The predicted molar refractivity (Wildman–Crippen MR) is 96.6 cm³/mol. The molecule has 26 heavy (non-hydrogen) atoms. The molecule has 2 amide bonds. The van der Waals surface area contributed by atoms with Crippen molar-refractivity contribution in [2.75, 3.05) is 31.1 Å². The van der Waals surface area contributed by atoms with Crippen LogP contribution in [0.25, 0.3) is 0 Å². The van der Waals surface area contributed by atoms with Gasteiger partial charge in [-0.1, -0.05) is 0 Å². The highest BCUT2D eigenvalue weighted by molar-refractivity contribution is 5.85. The van der Waals surface area contributed by atoms with Gasteiger partial charge in [-0.3, -0.25) is 4.79 Å². The molecule has 2 heterocycles. The van der Waals surface area contributed by atoms with Gasteiger partial charge in [0.1, 0.15) is 23.5 Å². The van der Waals surface area contributed by atoms with Gasteiger partial charge in [0.15, 0.2) is 0 Å². The van der Waals surface area contributed by atoms with Crippen LogP contribution in [0.4, 0.5) is 10.6 Å². The van der Waals surface area contributed by atoms with E-state index in [4.69, 9.17) is 4.74 Å². The maximum Gasteiger partial charge on any atom is 0.408 e. The maximum absolute atomic E-state index is 12.5. The van der Waals surface area contributed by atoms with Crippen molar-refractivity contribution < 1.29 is 14.3 Å². The lowest BCUT2D eigenvalue weighted by Gasteiger charge is -2.36. The molecule has 1 fully saturated rings. The number of nitriles is 1. The Bertz CT molecular complexity index is 700. The van der Waals surface area contributed by atoms with Crippen molar-refractivity contribution in [3.8, 4) is 6.07 Å². The number of piperazine rings is 1. The highest BCUT2D eigenvalue weighted by Crippen LogP contribution is 2.18. The second-order valence-corrected chi connectivity index (χ2v) is 7.17. The molecule has 0 radical (unpaired) electrons. The normalized spacial score (nSPS) is 15.8. The first-order valence-electron chi connectivity index (χ1n) is 8.59. The number of nitrogens with zero attached hydrogens (tertiary/aromatic N) is 4. The second-order valence-electron chi connectivity index (χ2n) is 7.17. The fourth-order valence-corrected chi connectivity index (χ4v) is 2.69. The molecule has 0 aromatic carbocycles. The van der Waals surface area contributed by atoms with Gasteiger partial charge in [-0.2, -0.15) is 5.26 Å². The van der Waals surface area contributed by atoms with E-state index >= 15 is 0 Å². The van der Waals surface area contributed by atoms with Crippen molar-refractivity contribution in [1.29, 1.82) is 5.26 Å². The molecule has 1 atom stereocenters. The Morgan fingerprint density at radius 2 is 1.96 bits per heavy atom. The topological polar surface area (TPSA) is 98.6 Å². The standard InChI is InChI=1S/C18H25N5O3/c1-13(21-17(25)26-18(2,3)4)16(24)23-10-8-22(9-11-23)15-14(12-19)6-5-7-20-15/h5-7,13H,8-11H2,1-4H3,(H,21,25)/t13-/m1/s1. The van der Waals surface area contributed by atoms with Crippen LogP contribution in [-0.4, -0.2) is 59.7 Å². The third-order valence-electron chi connectivity index (χ3n) is 3.90. The Morgan fingerprint density at radius 3 is 2.54 bits per heavy atom. The lowest BCUT2D eigenvalue weighted by atomic mass is 10.2. The number of ether oxygens (including phenoxy) is 1. The molecule has 140 valence electrons. The van der Waals surface area contributed by atoms with Gasteiger partial charge in [0.2, 0.25) is 5.91 Å². The van der Waals surface area contributed by atoms with Crippen molar-refractivity contribution in [1.82, 2.24) is 15.2 Å². The Kier molecular flexibility index (Phi) is 6.03. The number of rotatable bonds is 3. The molecular formula is C18H25N5O3. The third kappa shape index (κ3) is 5.09. The van der Waals surface area contributed by atoms with Gasteiger partial charge >= 0.3 is 6.09 Å². The fourth-order valence-electron chi connectivity index (χ4n) is 2.69. The number of nitrogens with one attached hydrogen (secondary N) is 1. The summed E-state index contributed by atoms with van der Waals surface area (Å²) in [5.74, 6) is 0.485. The molecular weight excluding hydrogens is 334 g/mol. The number of carbonyl (C=O) groups excluding carboxylic acids is 2. The lowest BCUT2D eigenvalue weighted by Crippen LogP contribution is -2.54. The van der Waals surface area contributed by atoms with E-state index in [2.05, 4.69) is 16.4 Å². The summed E-state index contributed by atoms with van der Waals surface area (Å²) in [6.07, 6.45) is 1.05. The van der Waals surface area contributed by atoms with Crippen molar-refractivity contribution in [3.05, 3.63) is 23.9 Å². The SMILES string of the molecule is C[C@@H](NC(=O)OC(C)(C)C)C(=O)N1CCN(c2ncccc2C#N)CC1. The number of aromatic nitrogens is 1. The van der Waals surface area contributed by atoms with Gasteiger partial charge in [0, 0.05) is 32.4 Å². The average Bonchev–Trinajstić information content (AvgIpc) is 2.59. The van der Waals surface area contributed by atoms with E-state index in [1.54, 1.807) is 50.9 Å². The van der Waals surface area contributed by atoms with Crippen LogP contribution in [0.2, 0.25) is 0 Å². The first-order chi connectivity index (χ1) is 12.2. The summed E-state index contributed by atoms with van der Waals surface area (Å²) in [6.45, 7) is 9.11. The van der Waals surface area contributed by atoms with Crippen LogP contribution in [0.3, 0.4) is 0 Å². The number of amides is 2. The summed E-state index contributed by atoms with van der Waals surface area (Å²) < 4.78 is 5.18. The first-order valence-corrected chi connectivity index (χ1v) is 8.59. The van der Waals surface area contributed by atoms with Crippen LogP contribution in [0.5, 0.6) is 0 Å². The van der Waals surface area contributed by atoms with Gasteiger partial charge in [0.05, 0.1) is 5.56 Å². The van der Waals surface area contributed by atoms with Crippen LogP contribution in [0.1, 0.15) is 33.3 Å². The van der Waals surface area contributed by atoms with Gasteiger partial charge in [-0.25, -0.2) is 9.78 Å². The Hall–Kier alpha value is -2.82. The zero-order chi connectivity index (χ0) is 19.3. The molecule has 0 spiro atoms. The Balaban J connectivity index is 1.90. The van der Waals surface area contributed by atoms with Crippen LogP contribution < -0.4 is 10.2 Å². The Labute approximate surface area is 153 Å². The van der Waals surface area contributed by atoms with Gasteiger partial charge < -0.3 is 19.9 Å². The van der Waals surface area contributed by atoms with E-state index in [9.17, 15) is 14.9 Å². The summed E-state index contributed by atoms with van der Waals surface area (Å²) in [7, 11) is 0. The van der Waals surface area contributed by atoms with E-state index in [-0.39, 0.29) is 5.91 Å². The minimum Gasteiger partial charge on any atom is -0.444 e. The van der Waals surface area contributed by atoms with Crippen molar-refractivity contribution in [3.63, 3.8) is 0 Å². The van der Waals surface area contributed by atoms with Gasteiger partial charge in [0.25, 0.3) is 0 Å². The number of carbonyl (C=O) groups is 2. The predicted octanol–water partition coefficient (Wildman–Crippen LogP) is 1.52. The third-order valence-corrected chi connectivity index (χ3v) is 3.90. The Morgan fingerprint density at radius 1 is 1.31 bits per heavy atom. The fraction of sp³-hybridized carbons (Fsp3) is 0.556. The number of hydrogen-bond donors (Lipinski definition) is 1. The number of anilines is 1. The van der Waals surface area contributed by atoms with Crippen LogP contribution in [-0.2, 0) is 9.53 Å². The molecule has 1 aromatic rings. The van der Waals surface area contributed by atoms with E-state index in [1.807, 2.05) is 4.90 Å². The molecule has 0 saturated carbocycles. The van der Waals surface area contributed by atoms with Crippen LogP contribution >= 0.6 is 0 Å². The monoisotopic (exact) mass is 359 g/mol. The van der Waals surface area contributed by atoms with Crippen molar-refractivity contribution in [2.24, 2.45) is 0 Å². The van der Waals surface area contributed by atoms with E-state index in [0.29, 0.717) is 37.6 Å². The highest BCUT2D eigenvalue weighted by atomic mass is 16.6. The number of pyridine rings is 1. The number of hydrogen-bond acceptors (Lipinski definition) is 6. The minimum atomic E-state index is -0.666. The van der Waals surface area contributed by atoms with Crippen molar-refractivity contribution in [2.45, 2.75) is 39.3 Å². The molecule has 0 bridgehead atoms.